The van der Waals surface area contributed by atoms with Crippen LogP contribution in [0, 0.1) is 0 Å². The number of carbonyl (C=O) groups is 3. The van der Waals surface area contributed by atoms with Gasteiger partial charge in [-0.25, -0.2) is 0 Å². The molecule has 81 heavy (non-hydrogen) atoms. The zero-order valence-electron chi connectivity index (χ0n) is 53.0. The lowest BCUT2D eigenvalue weighted by Gasteiger charge is -2.18. The topological polar surface area (TPSA) is 78.9 Å². The van der Waals surface area contributed by atoms with Gasteiger partial charge in [0, 0.05) is 19.3 Å². The Hall–Kier alpha value is -4.19. The molecule has 1 unspecified atom stereocenters. The van der Waals surface area contributed by atoms with Gasteiger partial charge in [-0.2, -0.15) is 0 Å². The lowest BCUT2D eigenvalue weighted by Crippen LogP contribution is -2.30. The third-order valence-corrected chi connectivity index (χ3v) is 14.5. The van der Waals surface area contributed by atoms with Crippen molar-refractivity contribution in [1.82, 2.24) is 0 Å². The van der Waals surface area contributed by atoms with Crippen molar-refractivity contribution >= 4 is 17.9 Å². The van der Waals surface area contributed by atoms with Gasteiger partial charge in [-0.3, -0.25) is 14.4 Å². The number of hydrogen-bond donors (Lipinski definition) is 0. The van der Waals surface area contributed by atoms with Gasteiger partial charge in [0.25, 0.3) is 0 Å². The number of allylic oxidation sites excluding steroid dienone is 20. The molecule has 6 heteroatoms. The Morgan fingerprint density at radius 3 is 0.765 bits per heavy atom. The molecule has 0 aromatic rings. The Kier molecular flexibility index (Phi) is 64.8. The van der Waals surface area contributed by atoms with Crippen LogP contribution in [-0.2, 0) is 28.6 Å². The second-order valence-corrected chi connectivity index (χ2v) is 22.4. The first kappa shape index (κ1) is 76.8. The number of ether oxygens (including phenoxy) is 3. The maximum atomic E-state index is 12.9. The van der Waals surface area contributed by atoms with Crippen molar-refractivity contribution < 1.29 is 28.6 Å². The summed E-state index contributed by atoms with van der Waals surface area (Å²) in [5.41, 5.74) is 0. The fourth-order valence-corrected chi connectivity index (χ4v) is 9.37. The van der Waals surface area contributed by atoms with Crippen LogP contribution in [0.25, 0.3) is 0 Å². The third kappa shape index (κ3) is 66.5. The van der Waals surface area contributed by atoms with Gasteiger partial charge in [0.15, 0.2) is 6.10 Å². The van der Waals surface area contributed by atoms with Crippen molar-refractivity contribution in [3.8, 4) is 0 Å². The minimum atomic E-state index is -0.787. The molecule has 0 N–H and O–H groups in total. The normalized spacial score (nSPS) is 12.9. The molecule has 0 fully saturated rings. The minimum absolute atomic E-state index is 0.0841. The Morgan fingerprint density at radius 2 is 0.481 bits per heavy atom. The van der Waals surface area contributed by atoms with E-state index in [1.54, 1.807) is 0 Å². The van der Waals surface area contributed by atoms with Gasteiger partial charge in [0.05, 0.1) is 0 Å². The highest BCUT2D eigenvalue weighted by Gasteiger charge is 2.19. The second-order valence-electron chi connectivity index (χ2n) is 22.4. The summed E-state index contributed by atoms with van der Waals surface area (Å²) in [5.74, 6) is -0.905. The molecule has 6 nitrogen and oxygen atoms in total. The molecule has 0 saturated heterocycles. The molecule has 0 rings (SSSR count). The molecule has 0 saturated carbocycles. The van der Waals surface area contributed by atoms with Gasteiger partial charge in [0.2, 0.25) is 0 Å². The highest BCUT2D eigenvalue weighted by atomic mass is 16.6. The number of esters is 3. The Balaban J connectivity index is 4.18. The number of hydrogen-bond acceptors (Lipinski definition) is 6. The van der Waals surface area contributed by atoms with Crippen molar-refractivity contribution in [3.05, 3.63) is 122 Å². The van der Waals surface area contributed by atoms with E-state index in [0.717, 1.165) is 135 Å². The SMILES string of the molecule is CC/C=C\C/C=C\C/C=C\C/C=C\C/C=C\C/C=C\C/C=C\C/C=C\C/C=C\CCCCCCCC(=O)OCC(COC(=O)CCCCCCCCC)OC(=O)CCCCCCCCCCCCC/C=C\CCCCCCCCCC. The third-order valence-electron chi connectivity index (χ3n) is 14.5. The van der Waals surface area contributed by atoms with Crippen LogP contribution in [0.2, 0.25) is 0 Å². The zero-order chi connectivity index (χ0) is 58.5. The van der Waals surface area contributed by atoms with Crippen LogP contribution >= 0.6 is 0 Å². The van der Waals surface area contributed by atoms with Gasteiger partial charge >= 0.3 is 17.9 Å². The molecule has 462 valence electrons. The molecular formula is C75H126O6. The molecule has 0 aliphatic rings. The molecule has 0 heterocycles. The highest BCUT2D eigenvalue weighted by Crippen LogP contribution is 2.16. The first-order chi connectivity index (χ1) is 40.0. The molecule has 0 radical (unpaired) electrons. The van der Waals surface area contributed by atoms with E-state index in [1.807, 2.05) is 0 Å². The quantitative estimate of drug-likeness (QED) is 0.0261. The van der Waals surface area contributed by atoms with Crippen LogP contribution in [0.3, 0.4) is 0 Å². The molecule has 1 atom stereocenters. The van der Waals surface area contributed by atoms with Crippen LogP contribution < -0.4 is 0 Å². The number of unbranched alkanes of at least 4 members (excludes halogenated alkanes) is 30. The summed E-state index contributed by atoms with van der Waals surface area (Å²) in [4.78, 5) is 38.1. The molecule has 0 bridgehead atoms. The van der Waals surface area contributed by atoms with E-state index in [1.165, 1.54) is 141 Å². The number of carbonyl (C=O) groups excluding carboxylic acids is 3. The van der Waals surface area contributed by atoms with Crippen LogP contribution in [0.15, 0.2) is 122 Å². The van der Waals surface area contributed by atoms with Crippen LogP contribution in [0.5, 0.6) is 0 Å². The first-order valence-corrected chi connectivity index (χ1v) is 34.0. The molecule has 0 amide bonds. The maximum Gasteiger partial charge on any atom is 0.306 e. The molecular weight excluding hydrogens is 997 g/mol. The van der Waals surface area contributed by atoms with Gasteiger partial charge in [-0.1, -0.05) is 303 Å². The van der Waals surface area contributed by atoms with Gasteiger partial charge in [-0.15, -0.1) is 0 Å². The van der Waals surface area contributed by atoms with E-state index in [-0.39, 0.29) is 31.1 Å². The van der Waals surface area contributed by atoms with Gasteiger partial charge < -0.3 is 14.2 Å². The Morgan fingerprint density at radius 1 is 0.259 bits per heavy atom. The van der Waals surface area contributed by atoms with E-state index in [4.69, 9.17) is 14.2 Å². The van der Waals surface area contributed by atoms with E-state index in [9.17, 15) is 14.4 Å². The summed E-state index contributed by atoms with van der Waals surface area (Å²) in [6.07, 6.45) is 95.3. The number of rotatable bonds is 61. The molecule has 0 spiro atoms. The van der Waals surface area contributed by atoms with Crippen LogP contribution in [0.4, 0.5) is 0 Å². The molecule has 0 aromatic heterocycles. The van der Waals surface area contributed by atoms with Crippen LogP contribution in [0.1, 0.15) is 316 Å². The molecule has 0 aromatic carbocycles. The lowest BCUT2D eigenvalue weighted by molar-refractivity contribution is -0.167. The van der Waals surface area contributed by atoms with Crippen molar-refractivity contribution in [2.45, 2.75) is 322 Å². The zero-order valence-corrected chi connectivity index (χ0v) is 53.0. The molecule has 0 aliphatic carbocycles. The lowest BCUT2D eigenvalue weighted by atomic mass is 10.0. The maximum absolute atomic E-state index is 12.9. The fraction of sp³-hybridized carbons (Fsp3) is 0.693. The molecule has 0 aliphatic heterocycles. The monoisotopic (exact) mass is 1120 g/mol. The Labute approximate surface area is 501 Å². The summed E-state index contributed by atoms with van der Waals surface area (Å²) in [6, 6.07) is 0. The minimum Gasteiger partial charge on any atom is -0.462 e. The highest BCUT2D eigenvalue weighted by molar-refractivity contribution is 5.71. The summed E-state index contributed by atoms with van der Waals surface area (Å²) in [5, 5.41) is 0. The largest absolute Gasteiger partial charge is 0.462 e. The summed E-state index contributed by atoms with van der Waals surface area (Å²) in [6.45, 7) is 6.49. The Bertz CT molecular complexity index is 1670. The van der Waals surface area contributed by atoms with Crippen molar-refractivity contribution in [2.75, 3.05) is 13.2 Å². The summed E-state index contributed by atoms with van der Waals surface area (Å²) < 4.78 is 16.8. The van der Waals surface area contributed by atoms with Gasteiger partial charge in [0.1, 0.15) is 13.2 Å². The van der Waals surface area contributed by atoms with Crippen molar-refractivity contribution in [3.63, 3.8) is 0 Å². The van der Waals surface area contributed by atoms with Crippen molar-refractivity contribution in [1.29, 1.82) is 0 Å². The first-order valence-electron chi connectivity index (χ1n) is 34.0. The average molecular weight is 1120 g/mol. The van der Waals surface area contributed by atoms with E-state index < -0.39 is 6.10 Å². The predicted molar refractivity (Wildman–Crippen MR) is 353 cm³/mol. The van der Waals surface area contributed by atoms with Crippen LogP contribution in [-0.4, -0.2) is 37.2 Å². The predicted octanol–water partition coefficient (Wildman–Crippen LogP) is 23.6. The fourth-order valence-electron chi connectivity index (χ4n) is 9.37. The average Bonchev–Trinajstić information content (AvgIpc) is 3.47. The van der Waals surface area contributed by atoms with E-state index >= 15 is 0 Å². The summed E-state index contributed by atoms with van der Waals surface area (Å²) >= 11 is 0. The van der Waals surface area contributed by atoms with Crippen molar-refractivity contribution in [2.24, 2.45) is 0 Å². The second kappa shape index (κ2) is 68.3. The van der Waals surface area contributed by atoms with Gasteiger partial charge in [-0.05, 0) is 116 Å². The van der Waals surface area contributed by atoms with E-state index in [0.29, 0.717) is 19.3 Å². The van der Waals surface area contributed by atoms with E-state index in [2.05, 4.69) is 142 Å². The standard InChI is InChI=1S/C75H126O6/c1-4-7-10-13-16-18-20-22-24-26-28-30-32-33-34-35-36-37-38-39-40-41-43-44-46-48-50-52-54-56-59-62-65-68-74(77)80-71-72(70-79-73(76)67-64-61-58-15-12-9-6-3)81-75(78)69-66-63-60-57-55-53-51-49-47-45-42-31-29-27-25-23-21-19-17-14-11-8-5-2/h7,10,16,18,22,24,27-30,33-34,36-37,39-40,43-44,48,50,72H,4-6,8-9,11-15,17,19-21,23,25-26,31-32,35,38,41-42,45-47,49,51-71H2,1-3H3/b10-7-,18-16-,24-22-,29-27-,30-28-,34-33-,37-36-,40-39-,44-43-,50-48-. The summed E-state index contributed by atoms with van der Waals surface area (Å²) in [7, 11) is 0. The smallest absolute Gasteiger partial charge is 0.306 e.